The molecule has 1 fully saturated rings. The molecule has 0 spiro atoms. The highest BCUT2D eigenvalue weighted by atomic mass is 16.5. The van der Waals surface area contributed by atoms with Crippen LogP contribution in [-0.2, 0) is 6.54 Å². The molecular weight excluding hydrogens is 314 g/mol. The molecule has 6 heteroatoms. The molecule has 2 aromatic rings. The van der Waals surface area contributed by atoms with E-state index in [-0.39, 0.29) is 0 Å². The lowest BCUT2D eigenvalue weighted by molar-refractivity contribution is 0.249. The van der Waals surface area contributed by atoms with Crippen LogP contribution in [0, 0.1) is 0 Å². The second-order valence-corrected chi connectivity index (χ2v) is 6.65. The van der Waals surface area contributed by atoms with Crippen LogP contribution in [0.5, 0.6) is 5.88 Å². The Balaban J connectivity index is 1.52. The van der Waals surface area contributed by atoms with Gasteiger partial charge >= 0.3 is 0 Å². The first-order valence-corrected chi connectivity index (χ1v) is 8.76. The predicted molar refractivity (Wildman–Crippen MR) is 101 cm³/mol. The molecule has 3 heterocycles. The Morgan fingerprint density at radius 1 is 1.12 bits per heavy atom. The summed E-state index contributed by atoms with van der Waals surface area (Å²) in [6.07, 6.45) is 6.19. The lowest BCUT2D eigenvalue weighted by Crippen LogP contribution is -2.42. The third kappa shape index (κ3) is 4.60. The molecule has 6 nitrogen and oxygen atoms in total. The van der Waals surface area contributed by atoms with Gasteiger partial charge in [0.05, 0.1) is 19.0 Å². The van der Waals surface area contributed by atoms with E-state index in [0.717, 1.165) is 24.5 Å². The summed E-state index contributed by atoms with van der Waals surface area (Å²) in [6, 6.07) is 8.76. The van der Waals surface area contributed by atoms with Gasteiger partial charge in [0, 0.05) is 37.9 Å². The maximum atomic E-state index is 5.07. The number of methoxy groups -OCH3 is 1. The molecule has 0 aliphatic carbocycles. The van der Waals surface area contributed by atoms with E-state index in [0.29, 0.717) is 18.5 Å². The Hall–Kier alpha value is -2.34. The van der Waals surface area contributed by atoms with E-state index >= 15 is 0 Å². The number of anilines is 2. The summed E-state index contributed by atoms with van der Waals surface area (Å²) >= 11 is 0. The fourth-order valence-electron chi connectivity index (χ4n) is 3.15. The lowest BCUT2D eigenvalue weighted by atomic mass is 10.0. The second-order valence-electron chi connectivity index (χ2n) is 6.65. The lowest BCUT2D eigenvalue weighted by Gasteiger charge is -2.36. The molecule has 1 N–H and O–H groups in total. The van der Waals surface area contributed by atoms with E-state index in [4.69, 9.17) is 4.74 Å². The minimum Gasteiger partial charge on any atom is -0.481 e. The summed E-state index contributed by atoms with van der Waals surface area (Å²) < 4.78 is 5.07. The third-order valence-electron chi connectivity index (χ3n) is 4.79. The van der Waals surface area contributed by atoms with E-state index in [1.54, 1.807) is 7.11 Å². The third-order valence-corrected chi connectivity index (χ3v) is 4.79. The van der Waals surface area contributed by atoms with Gasteiger partial charge in [-0.2, -0.15) is 0 Å². The minimum absolute atomic E-state index is 0.629. The van der Waals surface area contributed by atoms with Gasteiger partial charge < -0.3 is 19.9 Å². The van der Waals surface area contributed by atoms with Crippen molar-refractivity contribution in [2.24, 2.45) is 0 Å². The average Bonchev–Trinajstić information content (AvgIpc) is 2.67. The van der Waals surface area contributed by atoms with Gasteiger partial charge in [0.15, 0.2) is 0 Å². The summed E-state index contributed by atoms with van der Waals surface area (Å²) in [7, 11) is 5.95. The molecule has 1 aliphatic heterocycles. The number of piperidine rings is 1. The number of hydrogen-bond donors (Lipinski definition) is 1. The predicted octanol–water partition coefficient (Wildman–Crippen LogP) is 2.63. The van der Waals surface area contributed by atoms with Gasteiger partial charge in [-0.15, -0.1) is 0 Å². The maximum absolute atomic E-state index is 5.07. The smallest absolute Gasteiger partial charge is 0.212 e. The number of nitrogens with zero attached hydrogens (tertiary/aromatic N) is 4. The number of ether oxygens (including phenoxy) is 1. The summed E-state index contributed by atoms with van der Waals surface area (Å²) in [5.41, 5.74) is 2.30. The Kier molecular flexibility index (Phi) is 5.71. The Labute approximate surface area is 149 Å². The van der Waals surface area contributed by atoms with Crippen LogP contribution in [0.1, 0.15) is 18.4 Å². The Morgan fingerprint density at radius 3 is 2.48 bits per heavy atom. The van der Waals surface area contributed by atoms with Crippen LogP contribution in [0.2, 0.25) is 0 Å². The maximum Gasteiger partial charge on any atom is 0.212 e. The molecule has 0 atom stereocenters. The van der Waals surface area contributed by atoms with Crippen molar-refractivity contribution >= 4 is 11.5 Å². The molecule has 1 saturated heterocycles. The minimum atomic E-state index is 0.629. The van der Waals surface area contributed by atoms with Crippen LogP contribution in [-0.4, -0.2) is 55.2 Å². The van der Waals surface area contributed by atoms with Crippen molar-refractivity contribution in [3.05, 3.63) is 42.2 Å². The number of pyridine rings is 2. The van der Waals surface area contributed by atoms with Crippen LogP contribution in [0.15, 0.2) is 36.7 Å². The van der Waals surface area contributed by atoms with Gasteiger partial charge in [-0.3, -0.25) is 0 Å². The quantitative estimate of drug-likeness (QED) is 0.872. The Bertz CT molecular complexity index is 649. The average molecular weight is 341 g/mol. The molecule has 3 rings (SSSR count). The van der Waals surface area contributed by atoms with Crippen molar-refractivity contribution in [1.82, 2.24) is 14.9 Å². The SMILES string of the molecule is COc1ccc(CNc2ccc(N3CCC(N(C)C)CC3)cn2)cn1. The fraction of sp³-hybridized carbons (Fsp3) is 0.474. The van der Waals surface area contributed by atoms with Crippen molar-refractivity contribution in [2.75, 3.05) is 44.5 Å². The normalized spacial score (nSPS) is 15.4. The molecule has 0 saturated carbocycles. The zero-order valence-electron chi connectivity index (χ0n) is 15.3. The number of aromatic nitrogens is 2. The molecule has 0 radical (unpaired) electrons. The highest BCUT2D eigenvalue weighted by Gasteiger charge is 2.20. The summed E-state index contributed by atoms with van der Waals surface area (Å²) in [6.45, 7) is 2.88. The van der Waals surface area contributed by atoms with Gasteiger partial charge in [0.25, 0.3) is 0 Å². The zero-order valence-corrected chi connectivity index (χ0v) is 15.3. The molecule has 0 aromatic carbocycles. The molecule has 1 aliphatic rings. The van der Waals surface area contributed by atoms with Gasteiger partial charge in [-0.05, 0) is 44.6 Å². The van der Waals surface area contributed by atoms with Crippen LogP contribution in [0.3, 0.4) is 0 Å². The first-order valence-electron chi connectivity index (χ1n) is 8.76. The van der Waals surface area contributed by atoms with Crippen LogP contribution < -0.4 is 15.0 Å². The molecule has 2 aromatic heterocycles. The topological polar surface area (TPSA) is 53.5 Å². The van der Waals surface area contributed by atoms with E-state index in [1.807, 2.05) is 30.6 Å². The Morgan fingerprint density at radius 2 is 1.92 bits per heavy atom. The van der Waals surface area contributed by atoms with Crippen molar-refractivity contribution < 1.29 is 4.74 Å². The monoisotopic (exact) mass is 341 g/mol. The van der Waals surface area contributed by atoms with Gasteiger partial charge in [0.1, 0.15) is 5.82 Å². The highest BCUT2D eigenvalue weighted by molar-refractivity contribution is 5.50. The molecular formula is C19H27N5O. The number of rotatable bonds is 6. The van der Waals surface area contributed by atoms with Gasteiger partial charge in [-0.1, -0.05) is 6.07 Å². The summed E-state index contributed by atoms with van der Waals surface area (Å²) in [5.74, 6) is 1.51. The zero-order chi connectivity index (χ0) is 17.6. The van der Waals surface area contributed by atoms with E-state index < -0.39 is 0 Å². The van der Waals surface area contributed by atoms with E-state index in [1.165, 1.54) is 18.5 Å². The summed E-state index contributed by atoms with van der Waals surface area (Å²) in [4.78, 5) is 13.5. The fourth-order valence-corrected chi connectivity index (χ4v) is 3.15. The van der Waals surface area contributed by atoms with E-state index in [9.17, 15) is 0 Å². The van der Waals surface area contributed by atoms with Gasteiger partial charge in [-0.25, -0.2) is 9.97 Å². The molecule has 134 valence electrons. The second kappa shape index (κ2) is 8.16. The summed E-state index contributed by atoms with van der Waals surface area (Å²) in [5, 5.41) is 3.33. The number of hydrogen-bond acceptors (Lipinski definition) is 6. The number of nitrogens with one attached hydrogen (secondary N) is 1. The first kappa shape index (κ1) is 17.5. The molecule has 0 bridgehead atoms. The van der Waals surface area contributed by atoms with Crippen LogP contribution in [0.4, 0.5) is 11.5 Å². The molecule has 0 unspecified atom stereocenters. The van der Waals surface area contributed by atoms with Crippen LogP contribution in [0.25, 0.3) is 0 Å². The highest BCUT2D eigenvalue weighted by Crippen LogP contribution is 2.22. The van der Waals surface area contributed by atoms with Gasteiger partial charge in [0.2, 0.25) is 5.88 Å². The standard InChI is InChI=1S/C19H27N5O/c1-23(2)16-8-10-24(11-9-16)17-5-6-18(21-14-17)20-12-15-4-7-19(25-3)22-13-15/h4-7,13-14,16H,8-12H2,1-3H3,(H,20,21). The largest absolute Gasteiger partial charge is 0.481 e. The first-order chi connectivity index (χ1) is 12.2. The van der Waals surface area contributed by atoms with Crippen molar-refractivity contribution in [3.8, 4) is 5.88 Å². The van der Waals surface area contributed by atoms with Crippen molar-refractivity contribution in [1.29, 1.82) is 0 Å². The van der Waals surface area contributed by atoms with Crippen molar-refractivity contribution in [3.63, 3.8) is 0 Å². The molecule has 0 amide bonds. The van der Waals surface area contributed by atoms with Crippen LogP contribution >= 0.6 is 0 Å². The molecule has 25 heavy (non-hydrogen) atoms. The van der Waals surface area contributed by atoms with E-state index in [2.05, 4.69) is 45.2 Å². The van der Waals surface area contributed by atoms with Crippen molar-refractivity contribution in [2.45, 2.75) is 25.4 Å².